The van der Waals surface area contributed by atoms with Crippen LogP contribution in [0.5, 0.6) is 11.6 Å². The zero-order valence-electron chi connectivity index (χ0n) is 11.2. The number of aromatic nitrogens is 2. The fourth-order valence-corrected chi connectivity index (χ4v) is 2.06. The van der Waals surface area contributed by atoms with E-state index in [2.05, 4.69) is 9.97 Å². The molecule has 0 aliphatic heterocycles. The number of rotatable bonds is 3. The van der Waals surface area contributed by atoms with Crippen molar-refractivity contribution in [2.75, 3.05) is 0 Å². The molecule has 0 spiro atoms. The first-order valence-corrected chi connectivity index (χ1v) is 6.47. The van der Waals surface area contributed by atoms with E-state index in [1.807, 2.05) is 49.4 Å². The molecule has 100 valence electrons. The van der Waals surface area contributed by atoms with Gasteiger partial charge in [0.15, 0.2) is 0 Å². The van der Waals surface area contributed by atoms with Crippen LogP contribution in [0.3, 0.4) is 0 Å². The van der Waals surface area contributed by atoms with E-state index in [1.54, 1.807) is 12.4 Å². The summed E-state index contributed by atoms with van der Waals surface area (Å²) in [4.78, 5) is 8.57. The minimum Gasteiger partial charge on any atom is -0.439 e. The van der Waals surface area contributed by atoms with Gasteiger partial charge in [-0.3, -0.25) is 4.98 Å². The molecule has 20 heavy (non-hydrogen) atoms. The van der Waals surface area contributed by atoms with Gasteiger partial charge >= 0.3 is 0 Å². The lowest BCUT2D eigenvalue weighted by Crippen LogP contribution is -2.07. The molecule has 4 nitrogen and oxygen atoms in total. The van der Waals surface area contributed by atoms with Crippen molar-refractivity contribution >= 4 is 10.9 Å². The summed E-state index contributed by atoms with van der Waals surface area (Å²) in [5.74, 6) is 1.24. The van der Waals surface area contributed by atoms with Crippen LogP contribution >= 0.6 is 0 Å². The second kappa shape index (κ2) is 5.27. The first-order valence-electron chi connectivity index (χ1n) is 6.47. The van der Waals surface area contributed by atoms with Gasteiger partial charge in [0.1, 0.15) is 5.75 Å². The minimum atomic E-state index is -0.128. The van der Waals surface area contributed by atoms with Crippen molar-refractivity contribution in [3.63, 3.8) is 0 Å². The number of hydrogen-bond acceptors (Lipinski definition) is 4. The first kappa shape index (κ1) is 12.6. The lowest BCUT2D eigenvalue weighted by Gasteiger charge is -2.12. The normalized spacial score (nSPS) is 12.3. The molecule has 0 radical (unpaired) electrons. The second-order valence-electron chi connectivity index (χ2n) is 4.65. The van der Waals surface area contributed by atoms with Gasteiger partial charge in [-0.05, 0) is 31.2 Å². The van der Waals surface area contributed by atoms with Crippen molar-refractivity contribution in [3.8, 4) is 11.6 Å². The van der Waals surface area contributed by atoms with Crippen LogP contribution in [0, 0.1) is 0 Å². The Kier molecular flexibility index (Phi) is 3.31. The number of hydrogen-bond donors (Lipinski definition) is 1. The van der Waals surface area contributed by atoms with Gasteiger partial charge in [0.25, 0.3) is 0 Å². The van der Waals surface area contributed by atoms with Gasteiger partial charge in [-0.25, -0.2) is 4.98 Å². The van der Waals surface area contributed by atoms with Crippen molar-refractivity contribution in [3.05, 3.63) is 60.4 Å². The van der Waals surface area contributed by atoms with E-state index in [1.165, 1.54) is 0 Å². The highest BCUT2D eigenvalue weighted by molar-refractivity contribution is 5.79. The molecule has 2 heterocycles. The molecule has 2 aromatic heterocycles. The lowest BCUT2D eigenvalue weighted by molar-refractivity contribution is 0.452. The molecule has 0 fully saturated rings. The van der Waals surface area contributed by atoms with Crippen LogP contribution in [0.25, 0.3) is 10.9 Å². The van der Waals surface area contributed by atoms with Crippen LogP contribution in [0.2, 0.25) is 0 Å². The van der Waals surface area contributed by atoms with Crippen molar-refractivity contribution < 1.29 is 4.74 Å². The Labute approximate surface area is 117 Å². The molecule has 3 aromatic rings. The van der Waals surface area contributed by atoms with E-state index in [0.29, 0.717) is 11.6 Å². The summed E-state index contributed by atoms with van der Waals surface area (Å²) in [5, 5.41) is 1.08. The quantitative estimate of drug-likeness (QED) is 0.788. The summed E-state index contributed by atoms with van der Waals surface area (Å²) < 4.78 is 5.85. The largest absolute Gasteiger partial charge is 0.439 e. The van der Waals surface area contributed by atoms with E-state index >= 15 is 0 Å². The zero-order valence-corrected chi connectivity index (χ0v) is 11.2. The monoisotopic (exact) mass is 265 g/mol. The highest BCUT2D eigenvalue weighted by Crippen LogP contribution is 2.27. The maximum atomic E-state index is 5.93. The van der Waals surface area contributed by atoms with E-state index in [-0.39, 0.29) is 6.04 Å². The standard InChI is InChI=1S/C16H15N3O/c1-11(17)14-5-3-9-19-16(14)20-13-7-6-12-4-2-8-18-15(12)10-13/h2-11H,17H2,1H3/t11-/m1/s1. The van der Waals surface area contributed by atoms with Gasteiger partial charge in [0.05, 0.1) is 5.52 Å². The third-order valence-corrected chi connectivity index (χ3v) is 3.08. The van der Waals surface area contributed by atoms with E-state index in [4.69, 9.17) is 10.5 Å². The molecule has 0 saturated carbocycles. The van der Waals surface area contributed by atoms with Crippen LogP contribution < -0.4 is 10.5 Å². The van der Waals surface area contributed by atoms with Gasteiger partial charge < -0.3 is 10.5 Å². The van der Waals surface area contributed by atoms with Crippen LogP contribution in [0.15, 0.2) is 54.9 Å². The van der Waals surface area contributed by atoms with Gasteiger partial charge in [0.2, 0.25) is 5.88 Å². The van der Waals surface area contributed by atoms with Gasteiger partial charge in [0, 0.05) is 35.5 Å². The van der Waals surface area contributed by atoms with Crippen molar-refractivity contribution in [2.45, 2.75) is 13.0 Å². The molecular weight excluding hydrogens is 250 g/mol. The number of pyridine rings is 2. The average Bonchev–Trinajstić information content (AvgIpc) is 2.47. The fraction of sp³-hybridized carbons (Fsp3) is 0.125. The third kappa shape index (κ3) is 2.46. The van der Waals surface area contributed by atoms with E-state index < -0.39 is 0 Å². The topological polar surface area (TPSA) is 61.0 Å². The van der Waals surface area contributed by atoms with E-state index in [9.17, 15) is 0 Å². The summed E-state index contributed by atoms with van der Waals surface area (Å²) in [6, 6.07) is 13.4. The van der Waals surface area contributed by atoms with Crippen LogP contribution in [-0.2, 0) is 0 Å². The molecule has 3 rings (SSSR count). The highest BCUT2D eigenvalue weighted by atomic mass is 16.5. The lowest BCUT2D eigenvalue weighted by atomic mass is 10.1. The molecule has 0 amide bonds. The maximum absolute atomic E-state index is 5.93. The van der Waals surface area contributed by atoms with Crippen LogP contribution in [0.1, 0.15) is 18.5 Å². The molecule has 0 aliphatic carbocycles. The molecule has 0 saturated heterocycles. The third-order valence-electron chi connectivity index (χ3n) is 3.08. The van der Waals surface area contributed by atoms with Crippen molar-refractivity contribution in [1.29, 1.82) is 0 Å². The second-order valence-corrected chi connectivity index (χ2v) is 4.65. The Hall–Kier alpha value is -2.46. The number of ether oxygens (including phenoxy) is 1. The zero-order chi connectivity index (χ0) is 13.9. The summed E-state index contributed by atoms with van der Waals surface area (Å²) >= 11 is 0. The van der Waals surface area contributed by atoms with Gasteiger partial charge in [-0.1, -0.05) is 12.1 Å². The number of nitrogens with two attached hydrogens (primary N) is 1. The number of nitrogens with zero attached hydrogens (tertiary/aromatic N) is 2. The summed E-state index contributed by atoms with van der Waals surface area (Å²) in [6.45, 7) is 1.91. The molecule has 2 N–H and O–H groups in total. The Morgan fingerprint density at radius 2 is 1.85 bits per heavy atom. The highest BCUT2D eigenvalue weighted by Gasteiger charge is 2.10. The van der Waals surface area contributed by atoms with Crippen LogP contribution in [0.4, 0.5) is 0 Å². The molecule has 4 heteroatoms. The molecule has 0 aliphatic rings. The smallest absolute Gasteiger partial charge is 0.223 e. The molecule has 0 unspecified atom stereocenters. The predicted molar refractivity (Wildman–Crippen MR) is 78.7 cm³/mol. The van der Waals surface area contributed by atoms with Gasteiger partial charge in [-0.2, -0.15) is 0 Å². The number of benzene rings is 1. The molecule has 1 aromatic carbocycles. The Balaban J connectivity index is 1.97. The molecule has 0 bridgehead atoms. The molecular formula is C16H15N3O. The Morgan fingerprint density at radius 3 is 2.70 bits per heavy atom. The van der Waals surface area contributed by atoms with E-state index in [0.717, 1.165) is 16.5 Å². The van der Waals surface area contributed by atoms with Crippen LogP contribution in [-0.4, -0.2) is 9.97 Å². The fourth-order valence-electron chi connectivity index (χ4n) is 2.06. The Bertz CT molecular complexity index is 740. The SMILES string of the molecule is C[C@@H](N)c1cccnc1Oc1ccc2cccnc2c1. The average molecular weight is 265 g/mol. The first-order chi connectivity index (χ1) is 9.74. The number of fused-ring (bicyclic) bond motifs is 1. The van der Waals surface area contributed by atoms with Crippen molar-refractivity contribution in [1.82, 2.24) is 9.97 Å². The predicted octanol–water partition coefficient (Wildman–Crippen LogP) is 3.44. The maximum Gasteiger partial charge on any atom is 0.223 e. The van der Waals surface area contributed by atoms with Gasteiger partial charge in [-0.15, -0.1) is 0 Å². The molecule has 1 atom stereocenters. The summed E-state index contributed by atoms with van der Waals surface area (Å²) in [5.41, 5.74) is 7.70. The summed E-state index contributed by atoms with van der Waals surface area (Å²) in [7, 11) is 0. The van der Waals surface area contributed by atoms with Crippen molar-refractivity contribution in [2.24, 2.45) is 5.73 Å². The Morgan fingerprint density at radius 1 is 1.05 bits per heavy atom. The summed E-state index contributed by atoms with van der Waals surface area (Å²) in [6.07, 6.45) is 3.46. The minimum absolute atomic E-state index is 0.128.